The molecule has 0 atom stereocenters. The fraction of sp³-hybridized carbons (Fsp3) is 0.438. The predicted octanol–water partition coefficient (Wildman–Crippen LogP) is 3.15. The van der Waals surface area contributed by atoms with Crippen LogP contribution in [0.2, 0.25) is 0 Å². The van der Waals surface area contributed by atoms with Crippen molar-refractivity contribution in [2.24, 2.45) is 0 Å². The van der Waals surface area contributed by atoms with Crippen LogP contribution in [-0.2, 0) is 13.0 Å². The summed E-state index contributed by atoms with van der Waals surface area (Å²) in [6.45, 7) is 12.3. The normalized spacial score (nSPS) is 11.4. The van der Waals surface area contributed by atoms with Crippen LogP contribution in [0, 0.1) is 0 Å². The summed E-state index contributed by atoms with van der Waals surface area (Å²) >= 11 is 0. The quantitative estimate of drug-likeness (QED) is 0.806. The lowest BCUT2D eigenvalue weighted by molar-refractivity contribution is 0.601. The predicted molar refractivity (Wildman–Crippen MR) is 81.4 cm³/mol. The van der Waals surface area contributed by atoms with E-state index in [1.807, 2.05) is 6.07 Å². The van der Waals surface area contributed by atoms with Gasteiger partial charge in [0.25, 0.3) is 0 Å². The Morgan fingerprint density at radius 3 is 2.79 bits per heavy atom. The summed E-state index contributed by atoms with van der Waals surface area (Å²) in [6, 6.07) is 8.79. The minimum atomic E-state index is 0.488. The van der Waals surface area contributed by atoms with Crippen molar-refractivity contribution < 1.29 is 0 Å². The molecule has 0 aliphatic carbocycles. The fourth-order valence-corrected chi connectivity index (χ4v) is 2.20. The lowest BCUT2D eigenvalue weighted by atomic mass is 10.2. The first-order valence-electron chi connectivity index (χ1n) is 6.96. The van der Waals surface area contributed by atoms with Crippen molar-refractivity contribution in [2.75, 3.05) is 6.54 Å². The van der Waals surface area contributed by atoms with Crippen LogP contribution in [0.4, 0.5) is 0 Å². The molecule has 0 saturated heterocycles. The molecule has 0 spiro atoms. The van der Waals surface area contributed by atoms with Crippen molar-refractivity contribution >= 4 is 11.0 Å². The SMILES string of the molecule is C=C(CNC(C)C)Cn1c(CC)nc2ccccc21. The highest BCUT2D eigenvalue weighted by atomic mass is 15.1. The molecule has 1 N–H and O–H groups in total. The summed E-state index contributed by atoms with van der Waals surface area (Å²) < 4.78 is 2.28. The maximum atomic E-state index is 4.68. The Bertz CT molecular complexity index is 566. The second kappa shape index (κ2) is 6.02. The first kappa shape index (κ1) is 13.8. The minimum Gasteiger partial charge on any atom is -0.324 e. The van der Waals surface area contributed by atoms with E-state index in [2.05, 4.69) is 60.4 Å². The highest BCUT2D eigenvalue weighted by molar-refractivity contribution is 5.76. The molecule has 1 aromatic heterocycles. The summed E-state index contributed by atoms with van der Waals surface area (Å²) in [7, 11) is 0. The molecule has 2 aromatic rings. The van der Waals surface area contributed by atoms with E-state index in [-0.39, 0.29) is 0 Å². The van der Waals surface area contributed by atoms with Crippen molar-refractivity contribution in [1.82, 2.24) is 14.9 Å². The second-order valence-corrected chi connectivity index (χ2v) is 5.24. The number of hydrogen-bond acceptors (Lipinski definition) is 2. The van der Waals surface area contributed by atoms with Gasteiger partial charge in [0.15, 0.2) is 0 Å². The van der Waals surface area contributed by atoms with Crippen LogP contribution in [0.15, 0.2) is 36.4 Å². The lowest BCUT2D eigenvalue weighted by Gasteiger charge is -2.13. The van der Waals surface area contributed by atoms with Gasteiger partial charge in [-0.3, -0.25) is 0 Å². The summed E-state index contributed by atoms with van der Waals surface area (Å²) in [5.41, 5.74) is 3.46. The molecule has 1 aromatic carbocycles. The smallest absolute Gasteiger partial charge is 0.109 e. The second-order valence-electron chi connectivity index (χ2n) is 5.24. The van der Waals surface area contributed by atoms with Crippen LogP contribution in [0.5, 0.6) is 0 Å². The number of nitrogens with one attached hydrogen (secondary N) is 1. The van der Waals surface area contributed by atoms with Crippen LogP contribution >= 0.6 is 0 Å². The third kappa shape index (κ3) is 3.24. The van der Waals surface area contributed by atoms with E-state index in [4.69, 9.17) is 0 Å². The van der Waals surface area contributed by atoms with Crippen molar-refractivity contribution in [1.29, 1.82) is 0 Å². The third-order valence-corrected chi connectivity index (χ3v) is 3.19. The number of hydrogen-bond donors (Lipinski definition) is 1. The zero-order chi connectivity index (χ0) is 13.8. The average Bonchev–Trinajstić information content (AvgIpc) is 2.75. The van der Waals surface area contributed by atoms with Crippen molar-refractivity contribution in [3.8, 4) is 0 Å². The Morgan fingerprint density at radius 1 is 1.37 bits per heavy atom. The number of fused-ring (bicyclic) bond motifs is 1. The van der Waals surface area contributed by atoms with Crippen molar-refractivity contribution in [3.63, 3.8) is 0 Å². The highest BCUT2D eigenvalue weighted by Crippen LogP contribution is 2.17. The topological polar surface area (TPSA) is 29.9 Å². The van der Waals surface area contributed by atoms with Crippen LogP contribution in [0.3, 0.4) is 0 Å². The van der Waals surface area contributed by atoms with Gasteiger partial charge in [0, 0.05) is 25.6 Å². The Labute approximate surface area is 115 Å². The number of aryl methyl sites for hydroxylation is 1. The molecule has 0 saturated carbocycles. The van der Waals surface area contributed by atoms with Gasteiger partial charge in [0.2, 0.25) is 0 Å². The first-order valence-corrected chi connectivity index (χ1v) is 6.96. The van der Waals surface area contributed by atoms with Gasteiger partial charge < -0.3 is 9.88 Å². The van der Waals surface area contributed by atoms with Gasteiger partial charge >= 0.3 is 0 Å². The zero-order valence-electron chi connectivity index (χ0n) is 12.1. The maximum absolute atomic E-state index is 4.68. The molecule has 0 fully saturated rings. The number of aromatic nitrogens is 2. The van der Waals surface area contributed by atoms with Gasteiger partial charge in [-0.1, -0.05) is 39.5 Å². The van der Waals surface area contributed by atoms with E-state index in [1.165, 1.54) is 11.1 Å². The molecular formula is C16H23N3. The molecule has 0 bridgehead atoms. The van der Waals surface area contributed by atoms with E-state index < -0.39 is 0 Å². The molecule has 102 valence electrons. The van der Waals surface area contributed by atoms with E-state index in [0.29, 0.717) is 6.04 Å². The Kier molecular flexibility index (Phi) is 4.38. The molecule has 3 heteroatoms. The molecule has 0 radical (unpaired) electrons. The first-order chi connectivity index (χ1) is 9.11. The van der Waals surface area contributed by atoms with Gasteiger partial charge in [0.1, 0.15) is 5.82 Å². The van der Waals surface area contributed by atoms with E-state index in [1.54, 1.807) is 0 Å². The fourth-order valence-electron chi connectivity index (χ4n) is 2.20. The van der Waals surface area contributed by atoms with E-state index >= 15 is 0 Å². The van der Waals surface area contributed by atoms with Crippen LogP contribution in [0.1, 0.15) is 26.6 Å². The zero-order valence-corrected chi connectivity index (χ0v) is 12.1. The number of para-hydroxylation sites is 2. The molecule has 19 heavy (non-hydrogen) atoms. The van der Waals surface area contributed by atoms with E-state index in [9.17, 15) is 0 Å². The van der Waals surface area contributed by atoms with Crippen LogP contribution < -0.4 is 5.32 Å². The Hall–Kier alpha value is -1.61. The monoisotopic (exact) mass is 257 g/mol. The van der Waals surface area contributed by atoms with Crippen molar-refractivity contribution in [3.05, 3.63) is 42.2 Å². The molecular weight excluding hydrogens is 234 g/mol. The summed E-state index contributed by atoms with van der Waals surface area (Å²) in [5, 5.41) is 3.41. The van der Waals surface area contributed by atoms with Gasteiger partial charge in [-0.25, -0.2) is 4.98 Å². The number of benzene rings is 1. The van der Waals surface area contributed by atoms with Gasteiger partial charge in [-0.05, 0) is 17.7 Å². The highest BCUT2D eigenvalue weighted by Gasteiger charge is 2.09. The van der Waals surface area contributed by atoms with Crippen LogP contribution in [-0.4, -0.2) is 22.1 Å². The summed E-state index contributed by atoms with van der Waals surface area (Å²) in [6.07, 6.45) is 0.944. The summed E-state index contributed by atoms with van der Waals surface area (Å²) in [5.74, 6) is 1.13. The average molecular weight is 257 g/mol. The number of rotatable bonds is 6. The van der Waals surface area contributed by atoms with Gasteiger partial charge in [-0.15, -0.1) is 0 Å². The number of nitrogens with zero attached hydrogens (tertiary/aromatic N) is 2. The molecule has 0 amide bonds. The molecule has 0 aliphatic rings. The molecule has 1 heterocycles. The molecule has 3 nitrogen and oxygen atoms in total. The minimum absolute atomic E-state index is 0.488. The maximum Gasteiger partial charge on any atom is 0.109 e. The van der Waals surface area contributed by atoms with Gasteiger partial charge in [0.05, 0.1) is 11.0 Å². The third-order valence-electron chi connectivity index (χ3n) is 3.19. The van der Waals surface area contributed by atoms with Crippen LogP contribution in [0.25, 0.3) is 11.0 Å². The largest absolute Gasteiger partial charge is 0.324 e. The lowest BCUT2D eigenvalue weighted by Crippen LogP contribution is -2.26. The Balaban J connectivity index is 2.21. The summed E-state index contributed by atoms with van der Waals surface area (Å²) in [4.78, 5) is 4.68. The molecule has 2 rings (SSSR count). The number of imidazole rings is 1. The van der Waals surface area contributed by atoms with E-state index in [0.717, 1.165) is 30.9 Å². The molecule has 0 aliphatic heterocycles. The molecule has 0 unspecified atom stereocenters. The van der Waals surface area contributed by atoms with Gasteiger partial charge in [-0.2, -0.15) is 0 Å². The Morgan fingerprint density at radius 2 is 2.11 bits per heavy atom. The standard InChI is InChI=1S/C16H23N3/c1-5-16-18-14-8-6-7-9-15(14)19(16)11-13(4)10-17-12(2)3/h6-9,12,17H,4-5,10-11H2,1-3H3. The van der Waals surface area contributed by atoms with Crippen molar-refractivity contribution in [2.45, 2.75) is 39.8 Å².